The highest BCUT2D eigenvalue weighted by Gasteiger charge is 2.39. The molecular weight excluding hydrogens is 366 g/mol. The van der Waals surface area contributed by atoms with Gasteiger partial charge in [0.1, 0.15) is 12.3 Å². The first-order chi connectivity index (χ1) is 13.9. The number of aromatic nitrogens is 1. The first-order valence-corrected chi connectivity index (χ1v) is 10.2. The van der Waals surface area contributed by atoms with Crippen molar-refractivity contribution in [1.29, 1.82) is 0 Å². The van der Waals surface area contributed by atoms with Crippen LogP contribution in [0.5, 0.6) is 5.75 Å². The fourth-order valence-electron chi connectivity index (χ4n) is 3.70. The van der Waals surface area contributed by atoms with E-state index >= 15 is 0 Å². The molecule has 2 heterocycles. The molecule has 0 bridgehead atoms. The largest absolute Gasteiger partial charge is 0.478 e. The van der Waals surface area contributed by atoms with Crippen LogP contribution >= 0.6 is 0 Å². The van der Waals surface area contributed by atoms with Crippen molar-refractivity contribution in [2.45, 2.75) is 52.3 Å². The SMILES string of the molecule is Cc1ccc2c(c1)N(CC(=O)N(Cc1cccnc1)C1CC1)C(=O)C(C(C)C)O2. The third kappa shape index (κ3) is 4.11. The minimum Gasteiger partial charge on any atom is -0.478 e. The summed E-state index contributed by atoms with van der Waals surface area (Å²) in [5, 5.41) is 0. The Morgan fingerprint density at radius 2 is 2.10 bits per heavy atom. The highest BCUT2D eigenvalue weighted by Crippen LogP contribution is 2.37. The maximum atomic E-state index is 13.3. The molecule has 4 rings (SSSR count). The molecule has 152 valence electrons. The van der Waals surface area contributed by atoms with Crippen LogP contribution in [-0.4, -0.2) is 40.4 Å². The summed E-state index contributed by atoms with van der Waals surface area (Å²) in [6.45, 7) is 6.43. The van der Waals surface area contributed by atoms with Crippen molar-refractivity contribution < 1.29 is 14.3 Å². The standard InChI is InChI=1S/C23H27N3O3/c1-15(2)22-23(28)26(19-11-16(3)6-9-20(19)29-22)14-21(27)25(18-7-8-18)13-17-5-4-10-24-12-17/h4-6,9-12,15,18,22H,7-8,13-14H2,1-3H3. The van der Waals surface area contributed by atoms with Crippen LogP contribution in [0.15, 0.2) is 42.7 Å². The Labute approximate surface area is 171 Å². The second-order valence-electron chi connectivity index (χ2n) is 8.29. The number of aryl methyl sites for hydroxylation is 1. The Morgan fingerprint density at radius 1 is 1.31 bits per heavy atom. The van der Waals surface area contributed by atoms with Crippen LogP contribution in [0.4, 0.5) is 5.69 Å². The molecular formula is C23H27N3O3. The molecule has 2 aliphatic rings. The number of anilines is 1. The van der Waals surface area contributed by atoms with Gasteiger partial charge in [-0.1, -0.05) is 26.0 Å². The Hall–Kier alpha value is -2.89. The molecule has 2 amide bonds. The maximum Gasteiger partial charge on any atom is 0.268 e. The number of hydrogen-bond acceptors (Lipinski definition) is 4. The molecule has 0 N–H and O–H groups in total. The molecule has 29 heavy (non-hydrogen) atoms. The summed E-state index contributed by atoms with van der Waals surface area (Å²) in [6.07, 6.45) is 4.95. The summed E-state index contributed by atoms with van der Waals surface area (Å²) < 4.78 is 5.96. The zero-order valence-electron chi connectivity index (χ0n) is 17.2. The number of fused-ring (bicyclic) bond motifs is 1. The average molecular weight is 393 g/mol. The number of hydrogen-bond donors (Lipinski definition) is 0. The van der Waals surface area contributed by atoms with Gasteiger partial charge in [0.25, 0.3) is 5.91 Å². The van der Waals surface area contributed by atoms with Gasteiger partial charge in [-0.3, -0.25) is 19.5 Å². The van der Waals surface area contributed by atoms with Crippen LogP contribution in [0, 0.1) is 12.8 Å². The van der Waals surface area contributed by atoms with E-state index in [9.17, 15) is 9.59 Å². The van der Waals surface area contributed by atoms with Crippen LogP contribution in [0.25, 0.3) is 0 Å². The summed E-state index contributed by atoms with van der Waals surface area (Å²) in [6, 6.07) is 9.87. The molecule has 0 radical (unpaired) electrons. The quantitative estimate of drug-likeness (QED) is 0.755. The normalized spacial score (nSPS) is 18.4. The van der Waals surface area contributed by atoms with Gasteiger partial charge in [-0.05, 0) is 55.0 Å². The van der Waals surface area contributed by atoms with Crippen LogP contribution in [-0.2, 0) is 16.1 Å². The highest BCUT2D eigenvalue weighted by atomic mass is 16.5. The number of amides is 2. The van der Waals surface area contributed by atoms with Crippen LogP contribution in [0.1, 0.15) is 37.8 Å². The number of carbonyl (C=O) groups is 2. The minimum absolute atomic E-state index is 0.0180. The zero-order valence-corrected chi connectivity index (χ0v) is 17.2. The lowest BCUT2D eigenvalue weighted by molar-refractivity contribution is -0.135. The second-order valence-corrected chi connectivity index (χ2v) is 8.29. The molecule has 1 atom stereocenters. The van der Waals surface area contributed by atoms with Crippen LogP contribution in [0.2, 0.25) is 0 Å². The van der Waals surface area contributed by atoms with Crippen molar-refractivity contribution in [3.63, 3.8) is 0 Å². The summed E-state index contributed by atoms with van der Waals surface area (Å²) in [4.78, 5) is 34.1. The van der Waals surface area contributed by atoms with E-state index in [4.69, 9.17) is 4.74 Å². The van der Waals surface area contributed by atoms with Gasteiger partial charge in [-0.25, -0.2) is 0 Å². The van der Waals surface area contributed by atoms with E-state index in [0.29, 0.717) is 18.0 Å². The smallest absolute Gasteiger partial charge is 0.268 e. The van der Waals surface area contributed by atoms with Crippen molar-refractivity contribution in [3.8, 4) is 5.75 Å². The molecule has 1 saturated carbocycles. The Kier molecular flexibility index (Phi) is 5.26. The van der Waals surface area contributed by atoms with E-state index in [1.54, 1.807) is 17.3 Å². The van der Waals surface area contributed by atoms with Gasteiger partial charge >= 0.3 is 0 Å². The van der Waals surface area contributed by atoms with Gasteiger partial charge in [-0.2, -0.15) is 0 Å². The first kappa shape index (κ1) is 19.4. The predicted octanol–water partition coefficient (Wildman–Crippen LogP) is 3.33. The molecule has 1 aromatic heterocycles. The molecule has 1 aliphatic heterocycles. The van der Waals surface area contributed by atoms with E-state index in [-0.39, 0.29) is 30.3 Å². The molecule has 1 fully saturated rings. The van der Waals surface area contributed by atoms with E-state index in [2.05, 4.69) is 4.98 Å². The lowest BCUT2D eigenvalue weighted by Crippen LogP contribution is -2.52. The third-order valence-corrected chi connectivity index (χ3v) is 5.45. The van der Waals surface area contributed by atoms with E-state index < -0.39 is 6.10 Å². The van der Waals surface area contributed by atoms with Gasteiger partial charge < -0.3 is 9.64 Å². The number of nitrogens with zero attached hydrogens (tertiary/aromatic N) is 3. The molecule has 6 heteroatoms. The van der Waals surface area contributed by atoms with E-state index in [1.807, 2.05) is 56.0 Å². The number of carbonyl (C=O) groups excluding carboxylic acids is 2. The molecule has 2 aromatic rings. The number of rotatable bonds is 6. The summed E-state index contributed by atoms with van der Waals surface area (Å²) in [7, 11) is 0. The average Bonchev–Trinajstić information content (AvgIpc) is 3.54. The molecule has 0 saturated heterocycles. The van der Waals surface area contributed by atoms with Gasteiger partial charge in [0.05, 0.1) is 5.69 Å². The first-order valence-electron chi connectivity index (χ1n) is 10.2. The lowest BCUT2D eigenvalue weighted by atomic mass is 10.0. The van der Waals surface area contributed by atoms with Crippen molar-refractivity contribution in [2.75, 3.05) is 11.4 Å². The van der Waals surface area contributed by atoms with E-state index in [1.165, 1.54) is 0 Å². The topological polar surface area (TPSA) is 62.7 Å². The Morgan fingerprint density at radius 3 is 2.76 bits per heavy atom. The molecule has 0 spiro atoms. The van der Waals surface area contributed by atoms with Crippen molar-refractivity contribution in [1.82, 2.24) is 9.88 Å². The fourth-order valence-corrected chi connectivity index (χ4v) is 3.70. The number of benzene rings is 1. The van der Waals surface area contributed by atoms with Crippen LogP contribution in [0.3, 0.4) is 0 Å². The highest BCUT2D eigenvalue weighted by molar-refractivity contribution is 6.04. The molecule has 6 nitrogen and oxygen atoms in total. The molecule has 1 unspecified atom stereocenters. The van der Waals surface area contributed by atoms with Gasteiger partial charge in [0, 0.05) is 25.0 Å². The fraction of sp³-hybridized carbons (Fsp3) is 0.435. The monoisotopic (exact) mass is 393 g/mol. The van der Waals surface area contributed by atoms with E-state index in [0.717, 1.165) is 24.0 Å². The van der Waals surface area contributed by atoms with Crippen LogP contribution < -0.4 is 9.64 Å². The van der Waals surface area contributed by atoms with Crippen molar-refractivity contribution in [3.05, 3.63) is 53.9 Å². The second kappa shape index (κ2) is 7.85. The Balaban J connectivity index is 1.60. The summed E-state index contributed by atoms with van der Waals surface area (Å²) in [5.41, 5.74) is 2.70. The summed E-state index contributed by atoms with van der Waals surface area (Å²) in [5.74, 6) is 0.488. The maximum absolute atomic E-state index is 13.3. The zero-order chi connectivity index (χ0) is 20.5. The van der Waals surface area contributed by atoms with Gasteiger partial charge in [0.15, 0.2) is 6.10 Å². The summed E-state index contributed by atoms with van der Waals surface area (Å²) >= 11 is 0. The van der Waals surface area contributed by atoms with Crippen molar-refractivity contribution >= 4 is 17.5 Å². The van der Waals surface area contributed by atoms with Crippen molar-refractivity contribution in [2.24, 2.45) is 5.92 Å². The van der Waals surface area contributed by atoms with Gasteiger partial charge in [0.2, 0.25) is 5.91 Å². The predicted molar refractivity (Wildman–Crippen MR) is 111 cm³/mol. The minimum atomic E-state index is -0.578. The lowest BCUT2D eigenvalue weighted by Gasteiger charge is -2.37. The number of pyridine rings is 1. The molecule has 1 aliphatic carbocycles. The molecule has 1 aromatic carbocycles. The third-order valence-electron chi connectivity index (χ3n) is 5.45. The number of ether oxygens (including phenoxy) is 1. The Bertz CT molecular complexity index is 909. The van der Waals surface area contributed by atoms with Gasteiger partial charge in [-0.15, -0.1) is 0 Å².